The summed E-state index contributed by atoms with van der Waals surface area (Å²) < 4.78 is 40.8. The van der Waals surface area contributed by atoms with Crippen molar-refractivity contribution in [1.29, 1.82) is 0 Å². The van der Waals surface area contributed by atoms with Gasteiger partial charge >= 0.3 is 23.4 Å². The van der Waals surface area contributed by atoms with Crippen LogP contribution in [0.3, 0.4) is 0 Å². The molecule has 5 rings (SSSR count). The first-order chi connectivity index (χ1) is 17.7. The minimum absolute atomic E-state index is 0.00225. The molecule has 0 N–H and O–H groups in total. The normalized spacial score (nSPS) is 11.5. The summed E-state index contributed by atoms with van der Waals surface area (Å²) in [5, 5.41) is 8.36. The van der Waals surface area contributed by atoms with Crippen LogP contribution in [0.4, 0.5) is 13.2 Å². The molecule has 2 heterocycles. The standard InChI is InChI=1S/C25H16F3N5O4/c26-25(27,28)23(35)37-33-22(34)20-9-5-4-8-19(20)21(30-33)17-10-12-18(13-11-17)32-24(36)31(15-29-32)14-16-6-2-1-3-7-16/h1-13,15H,14H2. The molecular weight excluding hydrogens is 491 g/mol. The Morgan fingerprint density at radius 1 is 0.865 bits per heavy atom. The lowest BCUT2D eigenvalue weighted by molar-refractivity contribution is -0.201. The Morgan fingerprint density at radius 3 is 2.19 bits per heavy atom. The molecule has 0 atom stereocenters. The van der Waals surface area contributed by atoms with Crippen LogP contribution in [0, 0.1) is 0 Å². The Balaban J connectivity index is 1.51. The molecule has 0 unspecified atom stereocenters. The second kappa shape index (κ2) is 9.22. The Bertz CT molecular complexity index is 1720. The van der Waals surface area contributed by atoms with Gasteiger partial charge in [0.05, 0.1) is 17.6 Å². The SMILES string of the molecule is O=C(On1nc(-c2ccc(-n3ncn(Cc4ccccc4)c3=O)cc2)c2ccccc2c1=O)C(F)(F)F. The highest BCUT2D eigenvalue weighted by molar-refractivity contribution is 5.93. The number of alkyl halides is 3. The number of nitrogens with zero attached hydrogens (tertiary/aromatic N) is 5. The summed E-state index contributed by atoms with van der Waals surface area (Å²) in [6.07, 6.45) is -3.89. The Hall–Kier alpha value is -5.00. The van der Waals surface area contributed by atoms with E-state index in [9.17, 15) is 27.6 Å². The van der Waals surface area contributed by atoms with Crippen LogP contribution in [-0.2, 0) is 11.3 Å². The number of rotatable bonds is 5. The largest absolute Gasteiger partial charge is 0.493 e. The first-order valence-corrected chi connectivity index (χ1v) is 10.8. The van der Waals surface area contributed by atoms with Gasteiger partial charge in [-0.25, -0.2) is 9.59 Å². The predicted molar refractivity (Wildman–Crippen MR) is 126 cm³/mol. The van der Waals surface area contributed by atoms with Gasteiger partial charge < -0.3 is 4.84 Å². The van der Waals surface area contributed by atoms with Gasteiger partial charge in [-0.15, -0.1) is 5.10 Å². The van der Waals surface area contributed by atoms with Crippen molar-refractivity contribution in [2.75, 3.05) is 0 Å². The number of carbonyl (C=O) groups excluding carboxylic acids is 1. The third kappa shape index (κ3) is 4.63. The van der Waals surface area contributed by atoms with Gasteiger partial charge in [-0.1, -0.05) is 60.7 Å². The number of hydrogen-bond donors (Lipinski definition) is 0. The zero-order chi connectivity index (χ0) is 26.2. The average Bonchev–Trinajstić information content (AvgIpc) is 3.25. The minimum Gasteiger partial charge on any atom is -0.306 e. The highest BCUT2D eigenvalue weighted by Crippen LogP contribution is 2.25. The van der Waals surface area contributed by atoms with Crippen LogP contribution in [0.15, 0.2) is 94.8 Å². The monoisotopic (exact) mass is 507 g/mol. The van der Waals surface area contributed by atoms with Crippen LogP contribution in [0.5, 0.6) is 0 Å². The van der Waals surface area contributed by atoms with Gasteiger partial charge in [-0.3, -0.25) is 9.36 Å². The summed E-state index contributed by atoms with van der Waals surface area (Å²) in [5.74, 6) is -2.58. The van der Waals surface area contributed by atoms with Crippen molar-refractivity contribution in [1.82, 2.24) is 24.3 Å². The summed E-state index contributed by atoms with van der Waals surface area (Å²) in [5.41, 5.74) is 0.463. The summed E-state index contributed by atoms with van der Waals surface area (Å²) in [6.45, 7) is 0.339. The number of carbonyl (C=O) groups is 1. The highest BCUT2D eigenvalue weighted by Gasteiger charge is 2.42. The lowest BCUT2D eigenvalue weighted by Gasteiger charge is -2.12. The van der Waals surface area contributed by atoms with Gasteiger partial charge in [0, 0.05) is 10.9 Å². The molecule has 0 spiro atoms. The third-order valence-electron chi connectivity index (χ3n) is 5.49. The average molecular weight is 507 g/mol. The van der Waals surface area contributed by atoms with Gasteiger partial charge in [-0.2, -0.15) is 23.0 Å². The quantitative estimate of drug-likeness (QED) is 0.363. The topological polar surface area (TPSA) is 101 Å². The molecule has 0 radical (unpaired) electrons. The molecule has 0 saturated carbocycles. The number of halogens is 3. The van der Waals surface area contributed by atoms with Crippen molar-refractivity contribution in [3.05, 3.63) is 112 Å². The van der Waals surface area contributed by atoms with Crippen LogP contribution in [0.2, 0.25) is 0 Å². The van der Waals surface area contributed by atoms with E-state index in [1.165, 1.54) is 27.7 Å². The maximum absolute atomic E-state index is 12.8. The van der Waals surface area contributed by atoms with Crippen molar-refractivity contribution < 1.29 is 22.8 Å². The van der Waals surface area contributed by atoms with Gasteiger partial charge in [-0.05, 0) is 28.6 Å². The Kier molecular flexibility index (Phi) is 5.91. The van der Waals surface area contributed by atoms with E-state index in [0.29, 0.717) is 23.2 Å². The fraction of sp³-hybridized carbons (Fsp3) is 0.0800. The third-order valence-corrected chi connectivity index (χ3v) is 5.49. The molecule has 3 aromatic carbocycles. The van der Waals surface area contributed by atoms with Crippen LogP contribution in [-0.4, -0.2) is 36.4 Å². The van der Waals surface area contributed by atoms with Crippen LogP contribution >= 0.6 is 0 Å². The van der Waals surface area contributed by atoms with Crippen molar-refractivity contribution >= 4 is 16.7 Å². The molecule has 0 aliphatic heterocycles. The minimum atomic E-state index is -5.31. The van der Waals surface area contributed by atoms with Crippen LogP contribution in [0.25, 0.3) is 27.7 Å². The molecule has 2 aromatic heterocycles. The highest BCUT2D eigenvalue weighted by atomic mass is 19.4. The fourth-order valence-corrected chi connectivity index (χ4v) is 3.74. The van der Waals surface area contributed by atoms with Gasteiger partial charge in [0.1, 0.15) is 12.0 Å². The Morgan fingerprint density at radius 2 is 1.51 bits per heavy atom. The predicted octanol–water partition coefficient (Wildman–Crippen LogP) is 2.98. The molecule has 0 bridgehead atoms. The molecule has 37 heavy (non-hydrogen) atoms. The van der Waals surface area contributed by atoms with E-state index in [1.807, 2.05) is 30.3 Å². The van der Waals surface area contributed by atoms with Crippen molar-refractivity contribution in [2.45, 2.75) is 12.7 Å². The lowest BCUT2D eigenvalue weighted by Crippen LogP contribution is -2.39. The first-order valence-electron chi connectivity index (χ1n) is 10.8. The first kappa shape index (κ1) is 23.7. The molecule has 5 aromatic rings. The molecule has 0 fully saturated rings. The zero-order valence-electron chi connectivity index (χ0n) is 18.8. The fourth-order valence-electron chi connectivity index (χ4n) is 3.74. The zero-order valence-corrected chi connectivity index (χ0v) is 18.8. The van der Waals surface area contributed by atoms with E-state index in [0.717, 1.165) is 5.56 Å². The van der Waals surface area contributed by atoms with Gasteiger partial charge in [0.15, 0.2) is 0 Å². The van der Waals surface area contributed by atoms with E-state index in [4.69, 9.17) is 0 Å². The van der Waals surface area contributed by atoms with Crippen LogP contribution < -0.4 is 16.1 Å². The van der Waals surface area contributed by atoms with Crippen molar-refractivity contribution in [3.8, 4) is 16.9 Å². The second-order valence-electron chi connectivity index (χ2n) is 7.93. The van der Waals surface area contributed by atoms with E-state index in [-0.39, 0.29) is 21.6 Å². The summed E-state index contributed by atoms with van der Waals surface area (Å²) in [6, 6.07) is 21.8. The second-order valence-corrected chi connectivity index (χ2v) is 7.93. The van der Waals surface area contributed by atoms with Crippen molar-refractivity contribution in [2.24, 2.45) is 0 Å². The smallest absolute Gasteiger partial charge is 0.306 e. The van der Waals surface area contributed by atoms with Gasteiger partial charge in [0.2, 0.25) is 0 Å². The lowest BCUT2D eigenvalue weighted by atomic mass is 10.0. The molecular formula is C25H16F3N5O4. The van der Waals surface area contributed by atoms with Crippen molar-refractivity contribution in [3.63, 3.8) is 0 Å². The van der Waals surface area contributed by atoms with E-state index < -0.39 is 17.7 Å². The number of hydrogen-bond acceptors (Lipinski definition) is 6. The maximum Gasteiger partial charge on any atom is 0.493 e. The Labute approximate surface area is 205 Å². The molecule has 12 heteroatoms. The van der Waals surface area contributed by atoms with E-state index >= 15 is 0 Å². The molecule has 0 aliphatic rings. The summed E-state index contributed by atoms with van der Waals surface area (Å²) in [7, 11) is 0. The molecule has 9 nitrogen and oxygen atoms in total. The number of aromatic nitrogens is 5. The van der Waals surface area contributed by atoms with E-state index in [1.54, 1.807) is 36.4 Å². The van der Waals surface area contributed by atoms with Crippen LogP contribution in [0.1, 0.15) is 5.56 Å². The number of benzene rings is 3. The maximum atomic E-state index is 12.8. The molecule has 0 aliphatic carbocycles. The molecule has 0 amide bonds. The summed E-state index contributed by atoms with van der Waals surface area (Å²) in [4.78, 5) is 41.0. The van der Waals surface area contributed by atoms with E-state index in [2.05, 4.69) is 15.0 Å². The summed E-state index contributed by atoms with van der Waals surface area (Å²) >= 11 is 0. The molecule has 186 valence electrons. The molecule has 0 saturated heterocycles. The number of fused-ring (bicyclic) bond motifs is 1. The van der Waals surface area contributed by atoms with Gasteiger partial charge in [0.25, 0.3) is 0 Å².